The van der Waals surface area contributed by atoms with Crippen LogP contribution in [0.4, 0.5) is 5.69 Å². The van der Waals surface area contributed by atoms with E-state index in [9.17, 15) is 4.79 Å². The van der Waals surface area contributed by atoms with Crippen molar-refractivity contribution in [2.24, 2.45) is 0 Å². The lowest BCUT2D eigenvalue weighted by Gasteiger charge is -2.06. The maximum Gasteiger partial charge on any atom is 0.330 e. The lowest BCUT2D eigenvalue weighted by atomic mass is 10.2. The number of hydrogen-bond acceptors (Lipinski definition) is 3. The van der Waals surface area contributed by atoms with Crippen LogP contribution in [0.3, 0.4) is 0 Å². The van der Waals surface area contributed by atoms with E-state index in [-0.39, 0.29) is 5.69 Å². The van der Waals surface area contributed by atoms with Crippen LogP contribution in [-0.4, -0.2) is 9.55 Å². The molecule has 0 saturated heterocycles. The highest BCUT2D eigenvalue weighted by Gasteiger charge is 2.00. The number of aromatic nitrogens is 2. The SMILES string of the molecule is O=c1[nH]ccn1-c1ccc(NCc2cccs2)cc1. The molecule has 0 fully saturated rings. The van der Waals surface area contributed by atoms with Crippen LogP contribution in [0, 0.1) is 0 Å². The second-order valence-electron chi connectivity index (χ2n) is 4.12. The third kappa shape index (κ3) is 2.61. The molecule has 0 spiro atoms. The number of hydrogen-bond donors (Lipinski definition) is 2. The van der Waals surface area contributed by atoms with Crippen molar-refractivity contribution in [1.82, 2.24) is 9.55 Å². The van der Waals surface area contributed by atoms with Crippen molar-refractivity contribution >= 4 is 17.0 Å². The van der Waals surface area contributed by atoms with Gasteiger partial charge in [-0.15, -0.1) is 11.3 Å². The molecule has 4 nitrogen and oxygen atoms in total. The van der Waals surface area contributed by atoms with Crippen molar-refractivity contribution in [3.63, 3.8) is 0 Å². The fourth-order valence-corrected chi connectivity index (χ4v) is 2.51. The van der Waals surface area contributed by atoms with E-state index in [2.05, 4.69) is 21.7 Å². The smallest absolute Gasteiger partial charge is 0.330 e. The summed E-state index contributed by atoms with van der Waals surface area (Å²) < 4.78 is 1.57. The molecule has 0 saturated carbocycles. The molecule has 2 aromatic heterocycles. The Hall–Kier alpha value is -2.27. The van der Waals surface area contributed by atoms with Gasteiger partial charge >= 0.3 is 5.69 Å². The van der Waals surface area contributed by atoms with Gasteiger partial charge in [0, 0.05) is 29.5 Å². The first-order chi connectivity index (χ1) is 9.33. The maximum absolute atomic E-state index is 11.5. The van der Waals surface area contributed by atoms with E-state index in [4.69, 9.17) is 0 Å². The van der Waals surface area contributed by atoms with Crippen molar-refractivity contribution in [2.45, 2.75) is 6.54 Å². The summed E-state index contributed by atoms with van der Waals surface area (Å²) in [6, 6.07) is 11.9. The molecule has 19 heavy (non-hydrogen) atoms. The fraction of sp³-hybridized carbons (Fsp3) is 0.0714. The first-order valence-electron chi connectivity index (χ1n) is 5.96. The van der Waals surface area contributed by atoms with E-state index < -0.39 is 0 Å². The quantitative estimate of drug-likeness (QED) is 0.766. The molecule has 0 aliphatic heterocycles. The van der Waals surface area contributed by atoms with E-state index in [0.717, 1.165) is 17.9 Å². The van der Waals surface area contributed by atoms with Crippen LogP contribution in [0.1, 0.15) is 4.88 Å². The van der Waals surface area contributed by atoms with E-state index in [1.165, 1.54) is 4.88 Å². The third-order valence-electron chi connectivity index (χ3n) is 2.84. The Balaban J connectivity index is 1.72. The van der Waals surface area contributed by atoms with Crippen molar-refractivity contribution in [2.75, 3.05) is 5.32 Å². The van der Waals surface area contributed by atoms with Gasteiger partial charge in [-0.2, -0.15) is 0 Å². The van der Waals surface area contributed by atoms with Crippen LogP contribution >= 0.6 is 11.3 Å². The minimum absolute atomic E-state index is 0.126. The van der Waals surface area contributed by atoms with Gasteiger partial charge in [0.05, 0.1) is 5.69 Å². The summed E-state index contributed by atoms with van der Waals surface area (Å²) in [5.41, 5.74) is 1.77. The molecule has 0 unspecified atom stereocenters. The predicted octanol–water partition coefficient (Wildman–Crippen LogP) is 2.84. The molecule has 0 radical (unpaired) electrons. The van der Waals surface area contributed by atoms with Gasteiger partial charge < -0.3 is 10.3 Å². The minimum Gasteiger partial charge on any atom is -0.380 e. The molecule has 3 rings (SSSR count). The molecular formula is C14H13N3OS. The molecule has 2 N–H and O–H groups in total. The Morgan fingerprint density at radius 3 is 2.68 bits per heavy atom. The van der Waals surface area contributed by atoms with Gasteiger partial charge in [-0.3, -0.25) is 4.57 Å². The topological polar surface area (TPSA) is 49.8 Å². The lowest BCUT2D eigenvalue weighted by Crippen LogP contribution is -2.13. The van der Waals surface area contributed by atoms with Gasteiger partial charge in [-0.1, -0.05) is 6.07 Å². The average Bonchev–Trinajstić information content (AvgIpc) is 3.08. The van der Waals surface area contributed by atoms with Crippen molar-refractivity contribution in [1.29, 1.82) is 0 Å². The van der Waals surface area contributed by atoms with E-state index in [1.54, 1.807) is 28.3 Å². The Kier molecular flexibility index (Phi) is 3.20. The molecule has 2 heterocycles. The molecular weight excluding hydrogens is 258 g/mol. The van der Waals surface area contributed by atoms with E-state index >= 15 is 0 Å². The van der Waals surface area contributed by atoms with Crippen LogP contribution in [0.15, 0.2) is 59.0 Å². The fourth-order valence-electron chi connectivity index (χ4n) is 1.87. The standard InChI is InChI=1S/C14H13N3OS/c18-14-15-7-8-17(14)12-5-3-11(4-6-12)16-10-13-2-1-9-19-13/h1-9,16H,10H2,(H,15,18). The summed E-state index contributed by atoms with van der Waals surface area (Å²) in [5.74, 6) is 0. The zero-order chi connectivity index (χ0) is 13.1. The number of H-pyrrole nitrogens is 1. The molecule has 0 aliphatic rings. The average molecular weight is 271 g/mol. The molecule has 0 bridgehead atoms. The highest BCUT2D eigenvalue weighted by molar-refractivity contribution is 7.09. The van der Waals surface area contributed by atoms with Crippen molar-refractivity contribution in [3.05, 3.63) is 69.5 Å². The van der Waals surface area contributed by atoms with Crippen LogP contribution in [-0.2, 0) is 6.54 Å². The van der Waals surface area contributed by atoms with Crippen LogP contribution in [0.5, 0.6) is 0 Å². The number of aromatic amines is 1. The highest BCUT2D eigenvalue weighted by Crippen LogP contribution is 2.15. The summed E-state index contributed by atoms with van der Waals surface area (Å²) in [4.78, 5) is 15.4. The van der Waals surface area contributed by atoms with Gasteiger partial charge in [-0.25, -0.2) is 4.79 Å². The number of anilines is 1. The van der Waals surface area contributed by atoms with Crippen LogP contribution < -0.4 is 11.0 Å². The molecule has 0 amide bonds. The van der Waals surface area contributed by atoms with Gasteiger partial charge in [0.1, 0.15) is 0 Å². The van der Waals surface area contributed by atoms with Crippen molar-refractivity contribution < 1.29 is 0 Å². The number of thiophene rings is 1. The normalized spacial score (nSPS) is 10.5. The first-order valence-corrected chi connectivity index (χ1v) is 6.83. The second kappa shape index (κ2) is 5.16. The zero-order valence-electron chi connectivity index (χ0n) is 10.2. The van der Waals surface area contributed by atoms with Gasteiger partial charge in [0.15, 0.2) is 0 Å². The van der Waals surface area contributed by atoms with Gasteiger partial charge in [0.2, 0.25) is 0 Å². The second-order valence-corrected chi connectivity index (χ2v) is 5.15. The summed E-state index contributed by atoms with van der Waals surface area (Å²) in [6.45, 7) is 0.821. The summed E-state index contributed by atoms with van der Waals surface area (Å²) >= 11 is 1.73. The predicted molar refractivity (Wildman–Crippen MR) is 78.0 cm³/mol. The highest BCUT2D eigenvalue weighted by atomic mass is 32.1. The summed E-state index contributed by atoms with van der Waals surface area (Å²) in [6.07, 6.45) is 3.35. The van der Waals surface area contributed by atoms with E-state index in [1.807, 2.05) is 30.3 Å². The zero-order valence-corrected chi connectivity index (χ0v) is 11.0. The number of nitrogens with zero attached hydrogens (tertiary/aromatic N) is 1. The number of rotatable bonds is 4. The monoisotopic (exact) mass is 271 g/mol. The molecule has 5 heteroatoms. The minimum atomic E-state index is -0.126. The molecule has 0 atom stereocenters. The Morgan fingerprint density at radius 1 is 1.21 bits per heavy atom. The molecule has 96 valence electrons. The molecule has 3 aromatic rings. The first kappa shape index (κ1) is 11.8. The summed E-state index contributed by atoms with van der Waals surface area (Å²) in [5, 5.41) is 5.42. The van der Waals surface area contributed by atoms with Gasteiger partial charge in [0.25, 0.3) is 0 Å². The number of imidazole rings is 1. The molecule has 1 aromatic carbocycles. The van der Waals surface area contributed by atoms with E-state index in [0.29, 0.717) is 0 Å². The number of nitrogens with one attached hydrogen (secondary N) is 2. The van der Waals surface area contributed by atoms with Crippen LogP contribution in [0.25, 0.3) is 5.69 Å². The summed E-state index contributed by atoms with van der Waals surface area (Å²) in [7, 11) is 0. The van der Waals surface area contributed by atoms with Crippen LogP contribution in [0.2, 0.25) is 0 Å². The van der Waals surface area contributed by atoms with Gasteiger partial charge in [-0.05, 0) is 35.7 Å². The number of benzene rings is 1. The lowest BCUT2D eigenvalue weighted by molar-refractivity contribution is 0.987. The van der Waals surface area contributed by atoms with Crippen molar-refractivity contribution in [3.8, 4) is 5.69 Å². The largest absolute Gasteiger partial charge is 0.380 e. The molecule has 0 aliphatic carbocycles. The maximum atomic E-state index is 11.5. The Bertz CT molecular complexity index is 695. The Labute approximate surface area is 114 Å². The Morgan fingerprint density at radius 2 is 2.05 bits per heavy atom. The third-order valence-corrected chi connectivity index (χ3v) is 3.72.